The maximum Gasteiger partial charge on any atom is 0.241 e. The van der Waals surface area contributed by atoms with Crippen molar-refractivity contribution in [1.82, 2.24) is 4.90 Å². The van der Waals surface area contributed by atoms with Crippen molar-refractivity contribution >= 4 is 34.8 Å². The number of nitrogens with zero attached hydrogens (tertiary/aromatic N) is 2. The van der Waals surface area contributed by atoms with Crippen LogP contribution in [0.15, 0.2) is 48.5 Å². The quantitative estimate of drug-likeness (QED) is 0.747. The van der Waals surface area contributed by atoms with Gasteiger partial charge in [-0.3, -0.25) is 19.3 Å². The van der Waals surface area contributed by atoms with Crippen LogP contribution in [0.25, 0.3) is 0 Å². The third kappa shape index (κ3) is 5.70. The van der Waals surface area contributed by atoms with E-state index in [9.17, 15) is 14.4 Å². The van der Waals surface area contributed by atoms with Crippen molar-refractivity contribution in [1.29, 1.82) is 0 Å². The largest absolute Gasteiger partial charge is 0.325 e. The molecule has 7 heteroatoms. The monoisotopic (exact) mass is 422 g/mol. The summed E-state index contributed by atoms with van der Waals surface area (Å²) in [6.45, 7) is 6.20. The fourth-order valence-corrected chi connectivity index (χ4v) is 3.75. The molecule has 0 aliphatic carbocycles. The molecule has 164 valence electrons. The summed E-state index contributed by atoms with van der Waals surface area (Å²) >= 11 is 0. The van der Waals surface area contributed by atoms with E-state index < -0.39 is 0 Å². The Kier molecular flexibility index (Phi) is 7.07. The predicted octanol–water partition coefficient (Wildman–Crippen LogP) is 3.44. The standard InChI is InChI=1S/C24H30N4O3/c1-16(2)18-8-7-9-19(13-18)25-23(30)14-27(4)15-24(31)28-17(3)12-22(29)26-20-10-5-6-11-21(20)28/h5-11,13,16-17H,12,14-15H2,1-4H3,(H,25,30)(H,26,29)/t17-/m1/s1. The molecule has 31 heavy (non-hydrogen) atoms. The minimum Gasteiger partial charge on any atom is -0.325 e. The summed E-state index contributed by atoms with van der Waals surface area (Å²) in [7, 11) is 1.74. The second kappa shape index (κ2) is 9.75. The second-order valence-corrected chi connectivity index (χ2v) is 8.38. The van der Waals surface area contributed by atoms with Crippen LogP contribution in [0.3, 0.4) is 0 Å². The molecule has 0 saturated heterocycles. The Hall–Kier alpha value is -3.19. The lowest BCUT2D eigenvalue weighted by molar-refractivity contribution is -0.121. The van der Waals surface area contributed by atoms with E-state index in [1.54, 1.807) is 22.9 Å². The van der Waals surface area contributed by atoms with Gasteiger partial charge in [-0.15, -0.1) is 0 Å². The maximum absolute atomic E-state index is 13.1. The fraction of sp³-hybridized carbons (Fsp3) is 0.375. The number of anilines is 3. The molecular formula is C24H30N4O3. The molecule has 7 nitrogen and oxygen atoms in total. The van der Waals surface area contributed by atoms with Crippen LogP contribution < -0.4 is 15.5 Å². The van der Waals surface area contributed by atoms with E-state index in [4.69, 9.17) is 0 Å². The van der Waals surface area contributed by atoms with Gasteiger partial charge in [0.25, 0.3) is 0 Å². The summed E-state index contributed by atoms with van der Waals surface area (Å²) < 4.78 is 0. The molecule has 1 atom stereocenters. The molecule has 0 fully saturated rings. The summed E-state index contributed by atoms with van der Waals surface area (Å²) in [6.07, 6.45) is 0.219. The molecular weight excluding hydrogens is 392 g/mol. The molecule has 3 amide bonds. The van der Waals surface area contributed by atoms with Gasteiger partial charge in [-0.1, -0.05) is 38.1 Å². The van der Waals surface area contributed by atoms with Gasteiger partial charge < -0.3 is 15.5 Å². The Morgan fingerprint density at radius 1 is 1.16 bits per heavy atom. The Labute approximate surface area is 183 Å². The summed E-state index contributed by atoms with van der Waals surface area (Å²) in [5.41, 5.74) is 3.19. The minimum absolute atomic E-state index is 0.0618. The zero-order chi connectivity index (χ0) is 22.5. The zero-order valence-corrected chi connectivity index (χ0v) is 18.5. The van der Waals surface area contributed by atoms with Gasteiger partial charge in [0, 0.05) is 18.2 Å². The Morgan fingerprint density at radius 3 is 2.65 bits per heavy atom. The lowest BCUT2D eigenvalue weighted by atomic mass is 10.0. The highest BCUT2D eigenvalue weighted by atomic mass is 16.2. The summed E-state index contributed by atoms with van der Waals surface area (Å²) in [4.78, 5) is 41.0. The van der Waals surface area contributed by atoms with Crippen LogP contribution in [0, 0.1) is 0 Å². The maximum atomic E-state index is 13.1. The van der Waals surface area contributed by atoms with Crippen molar-refractivity contribution in [2.75, 3.05) is 35.7 Å². The van der Waals surface area contributed by atoms with Crippen molar-refractivity contribution in [3.63, 3.8) is 0 Å². The number of carbonyl (C=O) groups is 3. The van der Waals surface area contributed by atoms with E-state index in [1.165, 1.54) is 0 Å². The highest BCUT2D eigenvalue weighted by molar-refractivity contribution is 6.05. The molecule has 3 rings (SSSR count). The first-order chi connectivity index (χ1) is 14.7. The third-order valence-electron chi connectivity index (χ3n) is 5.28. The van der Waals surface area contributed by atoms with Gasteiger partial charge in [0.2, 0.25) is 17.7 Å². The van der Waals surface area contributed by atoms with Gasteiger partial charge >= 0.3 is 0 Å². The van der Waals surface area contributed by atoms with Gasteiger partial charge in [-0.2, -0.15) is 0 Å². The SMILES string of the molecule is CC(C)c1cccc(NC(=O)CN(C)CC(=O)N2c3ccccc3NC(=O)C[C@H]2C)c1. The summed E-state index contributed by atoms with van der Waals surface area (Å²) in [5.74, 6) is -0.0884. The molecule has 2 aromatic rings. The molecule has 2 N–H and O–H groups in total. The first kappa shape index (κ1) is 22.5. The van der Waals surface area contributed by atoms with Gasteiger partial charge in [-0.05, 0) is 49.7 Å². The average molecular weight is 423 g/mol. The number of fused-ring (bicyclic) bond motifs is 1. The van der Waals surface area contributed by atoms with Gasteiger partial charge in [-0.25, -0.2) is 0 Å². The number of hydrogen-bond donors (Lipinski definition) is 2. The fourth-order valence-electron chi connectivity index (χ4n) is 3.75. The third-order valence-corrected chi connectivity index (χ3v) is 5.28. The lowest BCUT2D eigenvalue weighted by Crippen LogP contribution is -2.45. The van der Waals surface area contributed by atoms with Crippen LogP contribution in [0.1, 0.15) is 38.7 Å². The van der Waals surface area contributed by atoms with Crippen LogP contribution >= 0.6 is 0 Å². The van der Waals surface area contributed by atoms with E-state index >= 15 is 0 Å². The molecule has 0 bridgehead atoms. The first-order valence-electron chi connectivity index (χ1n) is 10.5. The van der Waals surface area contributed by atoms with Crippen molar-refractivity contribution < 1.29 is 14.4 Å². The topological polar surface area (TPSA) is 81.8 Å². The van der Waals surface area contributed by atoms with Crippen LogP contribution in [-0.2, 0) is 14.4 Å². The van der Waals surface area contributed by atoms with Crippen molar-refractivity contribution in [2.24, 2.45) is 0 Å². The van der Waals surface area contributed by atoms with Gasteiger partial charge in [0.05, 0.1) is 24.5 Å². The lowest BCUT2D eigenvalue weighted by Gasteiger charge is -2.29. The van der Waals surface area contributed by atoms with E-state index in [0.717, 1.165) is 11.3 Å². The summed E-state index contributed by atoms with van der Waals surface area (Å²) in [5, 5.41) is 5.75. The number of likely N-dealkylation sites (N-methyl/N-ethyl adjacent to an activating group) is 1. The normalized spacial score (nSPS) is 16.0. The Balaban J connectivity index is 1.64. The smallest absolute Gasteiger partial charge is 0.241 e. The van der Waals surface area contributed by atoms with Gasteiger partial charge in [0.15, 0.2) is 0 Å². The number of hydrogen-bond acceptors (Lipinski definition) is 4. The van der Waals surface area contributed by atoms with Gasteiger partial charge in [0.1, 0.15) is 0 Å². The van der Waals surface area contributed by atoms with Crippen molar-refractivity contribution in [3.05, 3.63) is 54.1 Å². The molecule has 1 aliphatic rings. The number of rotatable bonds is 6. The van der Waals surface area contributed by atoms with Crippen LogP contribution in [0.2, 0.25) is 0 Å². The molecule has 2 aromatic carbocycles. The van der Waals surface area contributed by atoms with Crippen LogP contribution in [-0.4, -0.2) is 48.8 Å². The second-order valence-electron chi connectivity index (χ2n) is 8.38. The van der Waals surface area contributed by atoms with Crippen LogP contribution in [0.5, 0.6) is 0 Å². The van der Waals surface area contributed by atoms with E-state index in [2.05, 4.69) is 24.5 Å². The number of carbonyl (C=O) groups excluding carboxylic acids is 3. The molecule has 0 saturated carbocycles. The predicted molar refractivity (Wildman–Crippen MR) is 123 cm³/mol. The molecule has 0 spiro atoms. The first-order valence-corrected chi connectivity index (χ1v) is 10.5. The Bertz CT molecular complexity index is 973. The molecule has 0 unspecified atom stereocenters. The highest BCUT2D eigenvalue weighted by Gasteiger charge is 2.30. The van der Waals surface area contributed by atoms with E-state index in [0.29, 0.717) is 17.3 Å². The van der Waals surface area contributed by atoms with Crippen LogP contribution in [0.4, 0.5) is 17.1 Å². The number of benzene rings is 2. The van der Waals surface area contributed by atoms with E-state index in [1.807, 2.05) is 49.4 Å². The molecule has 1 aliphatic heterocycles. The number of amides is 3. The Morgan fingerprint density at radius 2 is 1.90 bits per heavy atom. The molecule has 0 radical (unpaired) electrons. The minimum atomic E-state index is -0.280. The summed E-state index contributed by atoms with van der Waals surface area (Å²) in [6, 6.07) is 14.8. The molecule has 1 heterocycles. The van der Waals surface area contributed by atoms with E-state index in [-0.39, 0.29) is 43.3 Å². The number of para-hydroxylation sites is 2. The average Bonchev–Trinajstić information content (AvgIpc) is 2.81. The van der Waals surface area contributed by atoms with Crippen molar-refractivity contribution in [3.8, 4) is 0 Å². The molecule has 0 aromatic heterocycles. The highest BCUT2D eigenvalue weighted by Crippen LogP contribution is 2.31. The van der Waals surface area contributed by atoms with Crippen molar-refractivity contribution in [2.45, 2.75) is 39.2 Å². The number of nitrogens with one attached hydrogen (secondary N) is 2. The zero-order valence-electron chi connectivity index (χ0n) is 18.5.